The van der Waals surface area contributed by atoms with Crippen molar-refractivity contribution in [3.8, 4) is 0 Å². The highest BCUT2D eigenvalue weighted by Crippen LogP contribution is 2.21. The Balaban J connectivity index is 2.12. The van der Waals surface area contributed by atoms with Crippen molar-refractivity contribution in [3.63, 3.8) is 0 Å². The molecule has 0 spiro atoms. The van der Waals surface area contributed by atoms with Gasteiger partial charge in [0.25, 0.3) is 0 Å². The van der Waals surface area contributed by atoms with Gasteiger partial charge in [0.05, 0.1) is 6.26 Å². The number of anilines is 1. The number of hydrogen-bond acceptors (Lipinski definition) is 5. The molecule has 9 heteroatoms. The van der Waals surface area contributed by atoms with E-state index in [0.717, 1.165) is 19.1 Å². The Kier molecular flexibility index (Phi) is 4.56. The molecule has 110 valence electrons. The second kappa shape index (κ2) is 6.02. The van der Waals surface area contributed by atoms with E-state index in [1.165, 1.54) is 16.4 Å². The van der Waals surface area contributed by atoms with Crippen molar-refractivity contribution in [1.82, 2.24) is 14.5 Å². The lowest BCUT2D eigenvalue weighted by Gasteiger charge is -2.32. The van der Waals surface area contributed by atoms with Crippen LogP contribution in [0.1, 0.15) is 19.3 Å². The number of nitrogens with one attached hydrogen (secondary N) is 1. The molecule has 1 aromatic rings. The Morgan fingerprint density at radius 1 is 1.40 bits per heavy atom. The maximum Gasteiger partial charge on any atom is 0.244 e. The highest BCUT2D eigenvalue weighted by atomic mass is 35.5. The summed E-state index contributed by atoms with van der Waals surface area (Å²) >= 11 is 5.61. The van der Waals surface area contributed by atoms with Crippen molar-refractivity contribution in [3.05, 3.63) is 17.3 Å². The Hall–Kier alpha value is -1.25. The molecule has 1 amide bonds. The van der Waals surface area contributed by atoms with Gasteiger partial charge < -0.3 is 5.32 Å². The van der Waals surface area contributed by atoms with Gasteiger partial charge >= 0.3 is 0 Å². The van der Waals surface area contributed by atoms with Crippen LogP contribution in [0, 0.1) is 0 Å². The van der Waals surface area contributed by atoms with Crippen molar-refractivity contribution < 1.29 is 13.2 Å². The number of carbonyl (C=O) groups is 1. The third-order valence-corrected chi connectivity index (χ3v) is 4.56. The minimum Gasteiger partial charge on any atom is -0.308 e. The number of carbonyl (C=O) groups excluding carboxylic acids is 1. The first-order valence-electron chi connectivity index (χ1n) is 6.15. The van der Waals surface area contributed by atoms with Crippen LogP contribution in [0.25, 0.3) is 0 Å². The summed E-state index contributed by atoms with van der Waals surface area (Å²) in [5, 5.41) is 10.1. The summed E-state index contributed by atoms with van der Waals surface area (Å²) in [5.41, 5.74) is 0. The fourth-order valence-electron chi connectivity index (χ4n) is 2.16. The van der Waals surface area contributed by atoms with Crippen molar-refractivity contribution in [2.24, 2.45) is 0 Å². The van der Waals surface area contributed by atoms with Crippen molar-refractivity contribution >= 4 is 33.3 Å². The number of hydrogen-bond donors (Lipinski definition) is 1. The van der Waals surface area contributed by atoms with Crippen LogP contribution < -0.4 is 5.32 Å². The van der Waals surface area contributed by atoms with Crippen LogP contribution in [0.3, 0.4) is 0 Å². The van der Waals surface area contributed by atoms with Gasteiger partial charge in [0, 0.05) is 6.54 Å². The summed E-state index contributed by atoms with van der Waals surface area (Å²) in [7, 11) is -3.40. The summed E-state index contributed by atoms with van der Waals surface area (Å²) in [4.78, 5) is 12.2. The van der Waals surface area contributed by atoms with E-state index in [1.54, 1.807) is 0 Å². The highest BCUT2D eigenvalue weighted by molar-refractivity contribution is 7.88. The highest BCUT2D eigenvalue weighted by Gasteiger charge is 2.34. The average molecular weight is 319 g/mol. The number of halogens is 1. The van der Waals surface area contributed by atoms with Crippen LogP contribution in [0.2, 0.25) is 5.15 Å². The molecule has 0 aliphatic carbocycles. The van der Waals surface area contributed by atoms with Crippen molar-refractivity contribution in [1.29, 1.82) is 0 Å². The van der Waals surface area contributed by atoms with E-state index in [1.807, 2.05) is 0 Å². The maximum atomic E-state index is 12.2. The summed E-state index contributed by atoms with van der Waals surface area (Å²) in [6.45, 7) is 0.364. The predicted octanol–water partition coefficient (Wildman–Crippen LogP) is 0.883. The van der Waals surface area contributed by atoms with Gasteiger partial charge in [-0.3, -0.25) is 4.79 Å². The monoisotopic (exact) mass is 318 g/mol. The molecule has 7 nitrogen and oxygen atoms in total. The normalized spacial score (nSPS) is 20.6. The fraction of sp³-hybridized carbons (Fsp3) is 0.545. The zero-order valence-corrected chi connectivity index (χ0v) is 12.5. The van der Waals surface area contributed by atoms with Gasteiger partial charge in [-0.25, -0.2) is 8.42 Å². The zero-order valence-electron chi connectivity index (χ0n) is 10.9. The third-order valence-electron chi connectivity index (χ3n) is 3.07. The number of nitrogens with zero attached hydrogens (tertiary/aromatic N) is 3. The van der Waals surface area contributed by atoms with Crippen LogP contribution in [-0.2, 0) is 14.8 Å². The molecule has 1 unspecified atom stereocenters. The molecule has 1 saturated heterocycles. The summed E-state index contributed by atoms with van der Waals surface area (Å²) < 4.78 is 24.6. The molecule has 1 N–H and O–H groups in total. The minimum absolute atomic E-state index is 0.221. The van der Waals surface area contributed by atoms with E-state index in [-0.39, 0.29) is 11.0 Å². The van der Waals surface area contributed by atoms with Gasteiger partial charge in [0.15, 0.2) is 11.0 Å². The third kappa shape index (κ3) is 3.65. The van der Waals surface area contributed by atoms with Gasteiger partial charge in [0.2, 0.25) is 15.9 Å². The lowest BCUT2D eigenvalue weighted by Crippen LogP contribution is -2.49. The first kappa shape index (κ1) is 15.1. The Labute approximate surface area is 122 Å². The molecule has 20 heavy (non-hydrogen) atoms. The zero-order chi connectivity index (χ0) is 14.8. The first-order chi connectivity index (χ1) is 9.38. The topological polar surface area (TPSA) is 92.3 Å². The lowest BCUT2D eigenvalue weighted by atomic mass is 10.0. The van der Waals surface area contributed by atoms with Crippen LogP contribution in [0.4, 0.5) is 5.82 Å². The van der Waals surface area contributed by atoms with E-state index in [0.29, 0.717) is 13.0 Å². The van der Waals surface area contributed by atoms with Gasteiger partial charge in [-0.2, -0.15) is 4.31 Å². The maximum absolute atomic E-state index is 12.2. The van der Waals surface area contributed by atoms with Gasteiger partial charge in [-0.05, 0) is 25.0 Å². The van der Waals surface area contributed by atoms with Gasteiger partial charge in [-0.15, -0.1) is 10.2 Å². The standard InChI is InChI=1S/C11H15ClN4O3S/c1-20(18,19)16-7-3-2-4-8(16)11(17)13-10-6-5-9(12)14-15-10/h5-6,8H,2-4,7H2,1H3,(H,13,15,17). The van der Waals surface area contributed by atoms with Crippen LogP contribution >= 0.6 is 11.6 Å². The molecule has 2 rings (SSSR count). The van der Waals surface area contributed by atoms with Crippen LogP contribution in [0.5, 0.6) is 0 Å². The molecule has 1 aromatic heterocycles. The summed E-state index contributed by atoms with van der Waals surface area (Å²) in [6.07, 6.45) is 3.19. The molecule has 0 radical (unpaired) electrons. The second-order valence-electron chi connectivity index (χ2n) is 4.62. The Morgan fingerprint density at radius 3 is 2.75 bits per heavy atom. The van der Waals surface area contributed by atoms with E-state index >= 15 is 0 Å². The second-order valence-corrected chi connectivity index (χ2v) is 6.94. The quantitative estimate of drug-likeness (QED) is 0.893. The molecule has 1 aliphatic heterocycles. The largest absolute Gasteiger partial charge is 0.308 e. The van der Waals surface area contributed by atoms with Crippen LogP contribution in [0.15, 0.2) is 12.1 Å². The summed E-state index contributed by atoms with van der Waals surface area (Å²) in [5.74, 6) is -0.148. The van der Waals surface area contributed by atoms with Crippen molar-refractivity contribution in [2.45, 2.75) is 25.3 Å². The number of sulfonamides is 1. The molecule has 0 bridgehead atoms. The molecule has 1 aliphatic rings. The molecular formula is C11H15ClN4O3S. The van der Waals surface area contributed by atoms with Crippen molar-refractivity contribution in [2.75, 3.05) is 18.1 Å². The first-order valence-corrected chi connectivity index (χ1v) is 8.37. The number of amides is 1. The Bertz CT molecular complexity index is 590. The molecule has 1 atom stereocenters. The molecule has 0 aromatic carbocycles. The number of rotatable bonds is 3. The van der Waals surface area contributed by atoms with E-state index in [4.69, 9.17) is 11.6 Å². The number of aromatic nitrogens is 2. The van der Waals surface area contributed by atoms with E-state index < -0.39 is 22.0 Å². The van der Waals surface area contributed by atoms with Gasteiger partial charge in [0.1, 0.15) is 6.04 Å². The van der Waals surface area contributed by atoms with E-state index in [2.05, 4.69) is 15.5 Å². The lowest BCUT2D eigenvalue weighted by molar-refractivity contribution is -0.120. The summed E-state index contributed by atoms with van der Waals surface area (Å²) in [6, 6.07) is 2.32. The predicted molar refractivity (Wildman–Crippen MR) is 74.9 cm³/mol. The molecule has 2 heterocycles. The van der Waals surface area contributed by atoms with Gasteiger partial charge in [-0.1, -0.05) is 18.0 Å². The smallest absolute Gasteiger partial charge is 0.244 e. The average Bonchev–Trinajstić information content (AvgIpc) is 2.40. The minimum atomic E-state index is -3.40. The number of piperidine rings is 1. The molecular weight excluding hydrogens is 304 g/mol. The SMILES string of the molecule is CS(=O)(=O)N1CCCCC1C(=O)Nc1ccc(Cl)nn1. The molecule has 1 fully saturated rings. The Morgan fingerprint density at radius 2 is 2.15 bits per heavy atom. The molecule has 0 saturated carbocycles. The van der Waals surface area contributed by atoms with Crippen LogP contribution in [-0.4, -0.2) is 47.7 Å². The van der Waals surface area contributed by atoms with E-state index in [9.17, 15) is 13.2 Å². The fourth-order valence-corrected chi connectivity index (χ4v) is 3.38.